The van der Waals surface area contributed by atoms with E-state index < -0.39 is 22.5 Å². The number of aromatic nitrogens is 1. The minimum atomic E-state index is -0.868. The number of carbonyl (C=O) groups is 1. The third kappa shape index (κ3) is 6.04. The zero-order valence-electron chi connectivity index (χ0n) is 24.4. The molecule has 1 saturated heterocycles. The number of ether oxygens (including phenoxy) is 3. The maximum atomic E-state index is 14.0. The number of hydrogen-bond donors (Lipinski definition) is 0. The lowest BCUT2D eigenvalue weighted by Crippen LogP contribution is -2.44. The SMILES string of the molecule is CCOc1ccc([C@@H]2C(C(=O)OC)=CN=c3s/c(=C\c4cc(N5CCN(C)CC5)ccc4[N+](=O)[O-])c(=O)n32)cc1OCC. The number of rotatable bonds is 9. The van der Waals surface area contributed by atoms with Crippen LogP contribution in [-0.4, -0.2) is 73.9 Å². The second-order valence-electron chi connectivity index (χ2n) is 10.0. The third-order valence-electron chi connectivity index (χ3n) is 7.37. The number of nitrogens with zero attached hydrogens (tertiary/aromatic N) is 5. The second-order valence-corrected chi connectivity index (χ2v) is 11.0. The number of nitro groups is 1. The molecule has 0 unspecified atom stereocenters. The molecule has 0 saturated carbocycles. The van der Waals surface area contributed by atoms with Gasteiger partial charge in [-0.15, -0.1) is 0 Å². The van der Waals surface area contributed by atoms with Gasteiger partial charge in [-0.2, -0.15) is 0 Å². The van der Waals surface area contributed by atoms with Crippen molar-refractivity contribution in [3.63, 3.8) is 0 Å². The van der Waals surface area contributed by atoms with Crippen molar-refractivity contribution in [2.75, 3.05) is 58.5 Å². The van der Waals surface area contributed by atoms with Crippen molar-refractivity contribution < 1.29 is 23.9 Å². The Kier molecular flexibility index (Phi) is 8.92. The van der Waals surface area contributed by atoms with Gasteiger partial charge in [0.1, 0.15) is 0 Å². The van der Waals surface area contributed by atoms with Crippen LogP contribution in [0.2, 0.25) is 0 Å². The molecule has 0 bridgehead atoms. The van der Waals surface area contributed by atoms with Gasteiger partial charge in [-0.1, -0.05) is 17.4 Å². The van der Waals surface area contributed by atoms with Gasteiger partial charge >= 0.3 is 5.97 Å². The fourth-order valence-corrected chi connectivity index (χ4v) is 6.17. The Morgan fingerprint density at radius 3 is 2.49 bits per heavy atom. The highest BCUT2D eigenvalue weighted by molar-refractivity contribution is 7.07. The summed E-state index contributed by atoms with van der Waals surface area (Å²) >= 11 is 1.10. The van der Waals surface area contributed by atoms with Crippen molar-refractivity contribution in [1.29, 1.82) is 0 Å². The number of anilines is 1. The lowest BCUT2D eigenvalue weighted by Gasteiger charge is -2.34. The fraction of sp³-hybridized carbons (Fsp3) is 0.367. The quantitative estimate of drug-likeness (QED) is 0.205. The maximum absolute atomic E-state index is 14.0. The number of carbonyl (C=O) groups excluding carboxylic acids is 1. The van der Waals surface area contributed by atoms with Crippen molar-refractivity contribution in [2.45, 2.75) is 19.9 Å². The van der Waals surface area contributed by atoms with E-state index in [0.717, 1.165) is 43.2 Å². The summed E-state index contributed by atoms with van der Waals surface area (Å²) in [4.78, 5) is 47.5. The van der Waals surface area contributed by atoms with E-state index in [1.54, 1.807) is 30.3 Å². The molecule has 2 aliphatic rings. The Labute approximate surface area is 251 Å². The first kappa shape index (κ1) is 30.0. The first-order valence-corrected chi connectivity index (χ1v) is 14.8. The lowest BCUT2D eigenvalue weighted by molar-refractivity contribution is -0.385. The Morgan fingerprint density at radius 1 is 1.09 bits per heavy atom. The molecule has 13 heteroatoms. The average Bonchev–Trinajstić information content (AvgIpc) is 3.32. The van der Waals surface area contributed by atoms with Gasteiger partial charge in [0.05, 0.1) is 47.0 Å². The van der Waals surface area contributed by atoms with Gasteiger partial charge in [-0.3, -0.25) is 19.5 Å². The van der Waals surface area contributed by atoms with E-state index in [4.69, 9.17) is 14.2 Å². The van der Waals surface area contributed by atoms with Gasteiger partial charge in [0.15, 0.2) is 16.3 Å². The monoisotopic (exact) mass is 607 g/mol. The van der Waals surface area contributed by atoms with Crippen LogP contribution in [0.15, 0.2) is 58.0 Å². The average molecular weight is 608 g/mol. The van der Waals surface area contributed by atoms with Gasteiger partial charge in [0.2, 0.25) is 0 Å². The van der Waals surface area contributed by atoms with Crippen LogP contribution in [0.3, 0.4) is 0 Å². The first-order chi connectivity index (χ1) is 20.7. The second kappa shape index (κ2) is 12.8. The van der Waals surface area contributed by atoms with E-state index in [-0.39, 0.29) is 15.8 Å². The minimum Gasteiger partial charge on any atom is -0.490 e. The van der Waals surface area contributed by atoms with Crippen LogP contribution in [0.1, 0.15) is 31.0 Å². The smallest absolute Gasteiger partial charge is 0.337 e. The highest BCUT2D eigenvalue weighted by atomic mass is 32.1. The van der Waals surface area contributed by atoms with E-state index >= 15 is 0 Å². The molecule has 1 atom stereocenters. The largest absolute Gasteiger partial charge is 0.490 e. The number of fused-ring (bicyclic) bond motifs is 1. The maximum Gasteiger partial charge on any atom is 0.337 e. The lowest BCUT2D eigenvalue weighted by atomic mass is 9.97. The molecule has 2 aliphatic heterocycles. The van der Waals surface area contributed by atoms with Crippen molar-refractivity contribution >= 4 is 34.8 Å². The molecule has 12 nitrogen and oxygen atoms in total. The molecule has 3 heterocycles. The Hall–Kier alpha value is -4.49. The Balaban J connectivity index is 1.65. The molecule has 0 radical (unpaired) electrons. The molecular weight excluding hydrogens is 574 g/mol. The number of nitro benzene ring substituents is 1. The van der Waals surface area contributed by atoms with Crippen molar-refractivity contribution in [3.05, 3.63) is 89.1 Å². The first-order valence-electron chi connectivity index (χ1n) is 14.0. The van der Waals surface area contributed by atoms with Crippen molar-refractivity contribution in [2.24, 2.45) is 4.99 Å². The summed E-state index contributed by atoms with van der Waals surface area (Å²) in [6.07, 6.45) is 2.93. The van der Waals surface area contributed by atoms with E-state index in [9.17, 15) is 19.7 Å². The molecule has 1 fully saturated rings. The predicted molar refractivity (Wildman–Crippen MR) is 163 cm³/mol. The topological polar surface area (TPSA) is 129 Å². The van der Waals surface area contributed by atoms with Crippen LogP contribution in [0.5, 0.6) is 11.5 Å². The molecule has 5 rings (SSSR count). The summed E-state index contributed by atoms with van der Waals surface area (Å²) in [7, 11) is 3.32. The molecule has 43 heavy (non-hydrogen) atoms. The Morgan fingerprint density at radius 2 is 1.81 bits per heavy atom. The van der Waals surface area contributed by atoms with Crippen molar-refractivity contribution in [1.82, 2.24) is 9.47 Å². The molecule has 2 aromatic carbocycles. The number of piperazine rings is 1. The van der Waals surface area contributed by atoms with E-state index in [2.05, 4.69) is 21.8 Å². The zero-order chi connectivity index (χ0) is 30.7. The summed E-state index contributed by atoms with van der Waals surface area (Å²) in [5.74, 6) is 0.378. The van der Waals surface area contributed by atoms with Crippen LogP contribution in [0.25, 0.3) is 6.08 Å². The normalized spacial score (nSPS) is 17.1. The third-order valence-corrected chi connectivity index (χ3v) is 8.37. The Bertz CT molecular complexity index is 1750. The number of likely N-dealkylation sites (N-methyl/N-ethyl adjacent to an activating group) is 1. The molecular formula is C30H33N5O7S. The molecule has 0 amide bonds. The molecule has 0 aliphatic carbocycles. The molecule has 0 N–H and O–H groups in total. The standard InChI is InChI=1S/C30H33N5O7S/c1-5-41-24-10-7-19(16-25(24)42-6-2)27-22(29(37)40-4)18-31-30-34(27)28(36)26(43-30)17-20-15-21(8-9-23(20)35(38)39)33-13-11-32(3)12-14-33/h7-10,15-18,27H,5-6,11-14H2,1-4H3/b26-17-/t27-/m1/s1. The van der Waals surface area contributed by atoms with Crippen LogP contribution in [0.4, 0.5) is 11.4 Å². The molecule has 1 aromatic heterocycles. The van der Waals surface area contributed by atoms with Gasteiger partial charge in [0, 0.05) is 44.1 Å². The molecule has 3 aromatic rings. The summed E-state index contributed by atoms with van der Waals surface area (Å²) in [6.45, 7) is 7.88. The van der Waals surface area contributed by atoms with Gasteiger partial charge in [0.25, 0.3) is 11.2 Å². The van der Waals surface area contributed by atoms with E-state index in [1.807, 2.05) is 13.8 Å². The van der Waals surface area contributed by atoms with E-state index in [0.29, 0.717) is 40.6 Å². The number of esters is 1. The summed E-state index contributed by atoms with van der Waals surface area (Å²) in [5.41, 5.74) is 1.37. The summed E-state index contributed by atoms with van der Waals surface area (Å²) in [5, 5.41) is 12.0. The molecule has 0 spiro atoms. The number of methoxy groups -OCH3 is 1. The predicted octanol–water partition coefficient (Wildman–Crippen LogP) is 2.48. The summed E-state index contributed by atoms with van der Waals surface area (Å²) in [6, 6.07) is 9.34. The summed E-state index contributed by atoms with van der Waals surface area (Å²) < 4.78 is 18.2. The highest BCUT2D eigenvalue weighted by Crippen LogP contribution is 2.35. The minimum absolute atomic E-state index is 0.108. The van der Waals surface area contributed by atoms with Crippen LogP contribution >= 0.6 is 11.3 Å². The van der Waals surface area contributed by atoms with Crippen LogP contribution in [0, 0.1) is 10.1 Å². The highest BCUT2D eigenvalue weighted by Gasteiger charge is 2.31. The van der Waals surface area contributed by atoms with Crippen LogP contribution < -0.4 is 29.3 Å². The van der Waals surface area contributed by atoms with Gasteiger partial charge in [-0.25, -0.2) is 9.79 Å². The fourth-order valence-electron chi connectivity index (χ4n) is 5.21. The van der Waals surface area contributed by atoms with Crippen LogP contribution in [-0.2, 0) is 9.53 Å². The zero-order valence-corrected chi connectivity index (χ0v) is 25.3. The van der Waals surface area contributed by atoms with Gasteiger partial charge < -0.3 is 24.0 Å². The molecule has 226 valence electrons. The number of benzene rings is 2. The van der Waals surface area contributed by atoms with Gasteiger partial charge in [-0.05, 0) is 56.8 Å². The number of thiazole rings is 1. The number of hydrogen-bond acceptors (Lipinski definition) is 11. The van der Waals surface area contributed by atoms with E-state index in [1.165, 1.54) is 30.0 Å². The van der Waals surface area contributed by atoms with Crippen molar-refractivity contribution in [3.8, 4) is 11.5 Å².